The van der Waals surface area contributed by atoms with Crippen LogP contribution in [0.3, 0.4) is 0 Å². The Morgan fingerprint density at radius 2 is 1.61 bits per heavy atom. The first-order chi connectivity index (χ1) is 17.6. The van der Waals surface area contributed by atoms with Crippen molar-refractivity contribution in [3.05, 3.63) is 120 Å². The maximum Gasteiger partial charge on any atom is 0.370 e. The Bertz CT molecular complexity index is 1420. The standard InChI is InChI=1S/C30H25N3O3/c34-29(35)21-32-16-13-23(14-17-32)27(30(36)31-25-7-3-1-4-8-25)20-22-11-12-28-24(19-22)15-18-33(28)26-9-5-2-6-10-26/h1-14,16-17,19-20H,15,18,21H2,(H-,31,34,35,36)/p+1. The van der Waals surface area contributed by atoms with E-state index in [-0.39, 0.29) is 12.5 Å². The highest BCUT2D eigenvalue weighted by Crippen LogP contribution is 2.35. The van der Waals surface area contributed by atoms with Gasteiger partial charge < -0.3 is 15.3 Å². The van der Waals surface area contributed by atoms with Gasteiger partial charge in [0.2, 0.25) is 6.54 Å². The molecule has 5 rings (SSSR count). The van der Waals surface area contributed by atoms with Gasteiger partial charge in [-0.15, -0.1) is 0 Å². The molecule has 0 saturated carbocycles. The van der Waals surface area contributed by atoms with Crippen LogP contribution in [-0.4, -0.2) is 23.5 Å². The second-order valence-corrected chi connectivity index (χ2v) is 8.66. The number of hydrogen-bond donors (Lipinski definition) is 2. The number of nitrogens with zero attached hydrogens (tertiary/aromatic N) is 2. The molecule has 1 aromatic heterocycles. The molecule has 2 N–H and O–H groups in total. The van der Waals surface area contributed by atoms with Crippen LogP contribution < -0.4 is 14.8 Å². The van der Waals surface area contributed by atoms with E-state index in [1.54, 1.807) is 29.1 Å². The van der Waals surface area contributed by atoms with Gasteiger partial charge in [0.15, 0.2) is 12.4 Å². The number of para-hydroxylation sites is 2. The monoisotopic (exact) mass is 476 g/mol. The fourth-order valence-corrected chi connectivity index (χ4v) is 4.45. The Morgan fingerprint density at radius 1 is 0.917 bits per heavy atom. The van der Waals surface area contributed by atoms with E-state index >= 15 is 0 Å². The minimum Gasteiger partial charge on any atom is -0.477 e. The molecule has 0 aliphatic carbocycles. The average Bonchev–Trinajstić information content (AvgIpc) is 3.32. The lowest BCUT2D eigenvalue weighted by Gasteiger charge is -2.19. The minimum atomic E-state index is -0.923. The maximum atomic E-state index is 13.4. The maximum absolute atomic E-state index is 13.4. The summed E-state index contributed by atoms with van der Waals surface area (Å²) in [7, 11) is 0. The number of anilines is 3. The van der Waals surface area contributed by atoms with E-state index in [4.69, 9.17) is 5.11 Å². The zero-order valence-electron chi connectivity index (χ0n) is 19.7. The van der Waals surface area contributed by atoms with Gasteiger partial charge in [0.05, 0.1) is 0 Å². The topological polar surface area (TPSA) is 73.5 Å². The van der Waals surface area contributed by atoms with Gasteiger partial charge >= 0.3 is 5.97 Å². The molecule has 36 heavy (non-hydrogen) atoms. The molecule has 1 aliphatic heterocycles. The van der Waals surface area contributed by atoms with Crippen molar-refractivity contribution >= 4 is 40.6 Å². The average molecular weight is 477 g/mol. The summed E-state index contributed by atoms with van der Waals surface area (Å²) < 4.78 is 1.56. The smallest absolute Gasteiger partial charge is 0.370 e. The van der Waals surface area contributed by atoms with Crippen LogP contribution >= 0.6 is 0 Å². The van der Waals surface area contributed by atoms with Crippen LogP contribution in [0, 0.1) is 0 Å². The van der Waals surface area contributed by atoms with Crippen LogP contribution in [0.4, 0.5) is 17.1 Å². The van der Waals surface area contributed by atoms with Crippen molar-refractivity contribution in [1.82, 2.24) is 0 Å². The molecule has 178 valence electrons. The molecule has 6 nitrogen and oxygen atoms in total. The Balaban J connectivity index is 1.48. The molecule has 0 radical (unpaired) electrons. The first kappa shape index (κ1) is 23.1. The number of amides is 1. The van der Waals surface area contributed by atoms with Gasteiger partial charge in [0, 0.05) is 41.3 Å². The highest BCUT2D eigenvalue weighted by Gasteiger charge is 2.21. The van der Waals surface area contributed by atoms with Crippen LogP contribution in [0.2, 0.25) is 0 Å². The number of benzene rings is 3. The molecule has 3 aromatic carbocycles. The number of carboxylic acids is 1. The van der Waals surface area contributed by atoms with E-state index in [2.05, 4.69) is 34.5 Å². The quantitative estimate of drug-likeness (QED) is 0.293. The van der Waals surface area contributed by atoms with Crippen molar-refractivity contribution in [1.29, 1.82) is 0 Å². The van der Waals surface area contributed by atoms with E-state index in [9.17, 15) is 9.59 Å². The van der Waals surface area contributed by atoms with Crippen LogP contribution in [0.1, 0.15) is 16.7 Å². The van der Waals surface area contributed by atoms with Crippen molar-refractivity contribution < 1.29 is 19.3 Å². The number of fused-ring (bicyclic) bond motifs is 1. The first-order valence-corrected chi connectivity index (χ1v) is 11.8. The highest BCUT2D eigenvalue weighted by atomic mass is 16.4. The molecule has 0 saturated heterocycles. The highest BCUT2D eigenvalue weighted by molar-refractivity contribution is 6.29. The minimum absolute atomic E-state index is 0.141. The summed E-state index contributed by atoms with van der Waals surface area (Å²) in [5.41, 5.74) is 6.44. The lowest BCUT2D eigenvalue weighted by molar-refractivity contribution is -0.685. The molecule has 0 unspecified atom stereocenters. The van der Waals surface area contributed by atoms with Crippen molar-refractivity contribution in [2.75, 3.05) is 16.8 Å². The van der Waals surface area contributed by atoms with E-state index in [0.29, 0.717) is 16.8 Å². The van der Waals surface area contributed by atoms with Crippen LogP contribution in [0.5, 0.6) is 0 Å². The number of aliphatic carboxylic acids is 1. The summed E-state index contributed by atoms with van der Waals surface area (Å²) in [4.78, 5) is 26.7. The molecular weight excluding hydrogens is 450 g/mol. The summed E-state index contributed by atoms with van der Waals surface area (Å²) in [5.74, 6) is -1.16. The van der Waals surface area contributed by atoms with Crippen molar-refractivity contribution in [3.63, 3.8) is 0 Å². The van der Waals surface area contributed by atoms with E-state index in [0.717, 1.165) is 18.5 Å². The van der Waals surface area contributed by atoms with E-state index in [1.807, 2.05) is 60.7 Å². The van der Waals surface area contributed by atoms with Gasteiger partial charge in [-0.3, -0.25) is 4.79 Å². The third kappa shape index (κ3) is 5.18. The second-order valence-electron chi connectivity index (χ2n) is 8.66. The number of pyridine rings is 1. The Morgan fingerprint density at radius 3 is 2.31 bits per heavy atom. The lowest BCUT2D eigenvalue weighted by Crippen LogP contribution is -2.37. The molecule has 0 atom stereocenters. The molecule has 0 fully saturated rings. The third-order valence-corrected chi connectivity index (χ3v) is 6.17. The second kappa shape index (κ2) is 10.3. The van der Waals surface area contributed by atoms with Gasteiger partial charge in [-0.2, -0.15) is 4.57 Å². The van der Waals surface area contributed by atoms with Crippen molar-refractivity contribution in [3.8, 4) is 0 Å². The molecule has 6 heteroatoms. The number of hydrogen-bond acceptors (Lipinski definition) is 3. The predicted octanol–water partition coefficient (Wildman–Crippen LogP) is 4.93. The fraction of sp³-hybridized carbons (Fsp3) is 0.100. The molecule has 2 heterocycles. The Labute approximate surface area is 209 Å². The third-order valence-electron chi connectivity index (χ3n) is 6.17. The van der Waals surface area contributed by atoms with Gasteiger partial charge in [-0.1, -0.05) is 42.5 Å². The predicted molar refractivity (Wildman–Crippen MR) is 141 cm³/mol. The molecular formula is C30H26N3O3+. The molecule has 1 aliphatic rings. The zero-order chi connectivity index (χ0) is 24.9. The number of rotatable bonds is 7. The lowest BCUT2D eigenvalue weighted by atomic mass is 10.0. The number of aromatic nitrogens is 1. The Hall–Kier alpha value is -4.71. The normalized spacial score (nSPS) is 12.8. The number of carbonyl (C=O) groups excluding carboxylic acids is 1. The van der Waals surface area contributed by atoms with Gasteiger partial charge in [-0.05, 0) is 65.6 Å². The van der Waals surface area contributed by atoms with E-state index in [1.165, 1.54) is 16.9 Å². The summed E-state index contributed by atoms with van der Waals surface area (Å²) >= 11 is 0. The first-order valence-electron chi connectivity index (χ1n) is 11.8. The molecule has 1 amide bonds. The fourth-order valence-electron chi connectivity index (χ4n) is 4.45. The molecule has 4 aromatic rings. The molecule has 0 bridgehead atoms. The largest absolute Gasteiger partial charge is 0.477 e. The van der Waals surface area contributed by atoms with Gasteiger partial charge in [0.1, 0.15) is 0 Å². The van der Waals surface area contributed by atoms with Crippen molar-refractivity contribution in [2.45, 2.75) is 13.0 Å². The van der Waals surface area contributed by atoms with Gasteiger partial charge in [0.25, 0.3) is 5.91 Å². The number of carboxylic acid groups (broad SMARTS) is 1. The van der Waals surface area contributed by atoms with Gasteiger partial charge in [-0.25, -0.2) is 4.79 Å². The SMILES string of the molecule is O=C(O)C[n+]1ccc(/C(=C/c2ccc3c(c2)CCN3c2ccccc2)C(=O)Nc2ccccc2)cc1. The Kier molecular flexibility index (Phi) is 6.58. The van der Waals surface area contributed by atoms with Crippen LogP contribution in [0.15, 0.2) is 103 Å². The molecule has 0 spiro atoms. The number of carbonyl (C=O) groups is 2. The summed E-state index contributed by atoms with van der Waals surface area (Å²) in [5, 5.41) is 12.0. The summed E-state index contributed by atoms with van der Waals surface area (Å²) in [6, 6.07) is 29.5. The zero-order valence-corrected chi connectivity index (χ0v) is 19.7. The van der Waals surface area contributed by atoms with Crippen molar-refractivity contribution in [2.24, 2.45) is 0 Å². The van der Waals surface area contributed by atoms with E-state index < -0.39 is 5.97 Å². The van der Waals surface area contributed by atoms with Crippen LogP contribution in [0.25, 0.3) is 11.6 Å². The summed E-state index contributed by atoms with van der Waals surface area (Å²) in [6.07, 6.45) is 6.17. The number of nitrogens with one attached hydrogen (secondary N) is 1. The summed E-state index contributed by atoms with van der Waals surface area (Å²) in [6.45, 7) is 0.772. The van der Waals surface area contributed by atoms with Crippen LogP contribution in [-0.2, 0) is 22.6 Å².